The van der Waals surface area contributed by atoms with Crippen LogP contribution in [-0.2, 0) is 77.3 Å². The molecule has 9 atom stereocenters. The van der Waals surface area contributed by atoms with E-state index in [9.17, 15) is 65.7 Å². The molecule has 0 aliphatic carbocycles. The van der Waals surface area contributed by atoms with Crippen LogP contribution in [0.3, 0.4) is 0 Å². The number of benzene rings is 1. The van der Waals surface area contributed by atoms with E-state index in [4.69, 9.17) is 14.3 Å². The molecule has 3 aliphatic heterocycles. The molecule has 88 heavy (non-hydrogen) atoms. The molecular weight excluding hydrogens is 1170 g/mol. The van der Waals surface area contributed by atoms with Crippen LogP contribution < -0.4 is 34.3 Å². The third kappa shape index (κ3) is 26.9. The van der Waals surface area contributed by atoms with Gasteiger partial charge in [-0.15, -0.1) is 10.1 Å². The van der Waals surface area contributed by atoms with Crippen LogP contribution in [0.5, 0.6) is 5.75 Å². The van der Waals surface area contributed by atoms with Gasteiger partial charge in [0.25, 0.3) is 23.6 Å². The van der Waals surface area contributed by atoms with Gasteiger partial charge in [0.2, 0.25) is 23.6 Å². The summed E-state index contributed by atoms with van der Waals surface area (Å²) < 4.78 is 43.8. The minimum absolute atomic E-state index is 0. The molecule has 0 aromatic heterocycles. The maximum absolute atomic E-state index is 12.1. The Labute approximate surface area is 543 Å². The number of para-hydroxylation sites is 1. The van der Waals surface area contributed by atoms with E-state index in [1.54, 1.807) is 99.1 Å². The SMILES string of the molecule is C=C1OC(C(C)CC(CC)C(=O)N(C)C)=NC1(C)C.CC.CCC(CC(C)C(=O)ON1C(=O)CC(S(=O)(=O)[O-])C1=O)C(=O)N(C)C.CCC(CC(C)C(=O)ON1C(=O)CCC1=O)C(=O)N(C)C.CCC(CC(C)C(=O)Oc1ccccc1)C(=O)N(C)C.[Na+]. The third-order valence-corrected chi connectivity index (χ3v) is 15.4. The van der Waals surface area contributed by atoms with Crippen LogP contribution in [0.4, 0.5) is 0 Å². The van der Waals surface area contributed by atoms with Gasteiger partial charge in [0.1, 0.15) is 32.4 Å². The van der Waals surface area contributed by atoms with E-state index < -0.39 is 75.1 Å². The Morgan fingerprint density at radius 2 is 0.955 bits per heavy atom. The number of ether oxygens (including phenoxy) is 2. The maximum Gasteiger partial charge on any atom is 1.00 e. The number of hydrogen-bond donors (Lipinski definition) is 0. The molecule has 0 radical (unpaired) electrons. The van der Waals surface area contributed by atoms with E-state index in [1.165, 1.54) is 16.7 Å². The second-order valence-electron chi connectivity index (χ2n) is 22.8. The summed E-state index contributed by atoms with van der Waals surface area (Å²) in [5.74, 6) is -5.85. The molecule has 1 aromatic rings. The Kier molecular flexibility index (Phi) is 38.0. The Bertz CT molecular complexity index is 2670. The number of carbonyl (C=O) groups excluding carboxylic acids is 11. The average Bonchev–Trinajstić information content (AvgIpc) is 3.13. The molecule has 2 saturated heterocycles. The van der Waals surface area contributed by atoms with Gasteiger partial charge >= 0.3 is 47.5 Å². The fourth-order valence-corrected chi connectivity index (χ4v) is 9.46. The number of amides is 8. The summed E-state index contributed by atoms with van der Waals surface area (Å²) in [4.78, 5) is 150. The van der Waals surface area contributed by atoms with E-state index >= 15 is 0 Å². The summed E-state index contributed by atoms with van der Waals surface area (Å²) in [5.41, 5.74) is -0.350. The molecule has 492 valence electrons. The van der Waals surface area contributed by atoms with Gasteiger partial charge in [-0.1, -0.05) is 94.0 Å². The summed E-state index contributed by atoms with van der Waals surface area (Å²) in [5, 5.41) is -1.52. The number of carbonyl (C=O) groups is 11. The van der Waals surface area contributed by atoms with Crippen molar-refractivity contribution in [1.82, 2.24) is 29.7 Å². The number of imide groups is 2. The molecule has 1 aromatic carbocycles. The van der Waals surface area contributed by atoms with Gasteiger partial charge in [0.15, 0.2) is 5.90 Å². The largest absolute Gasteiger partial charge is 1.00 e. The van der Waals surface area contributed by atoms with E-state index in [-0.39, 0.29) is 119 Å². The number of rotatable bonds is 24. The zero-order valence-corrected chi connectivity index (χ0v) is 58.8. The molecule has 0 saturated carbocycles. The maximum atomic E-state index is 12.1. The fraction of sp³-hybridized carbons (Fsp3) is 0.672. The number of aliphatic imine (C=N–C) groups is 1. The third-order valence-electron chi connectivity index (χ3n) is 14.4. The summed E-state index contributed by atoms with van der Waals surface area (Å²) in [6, 6.07) is 8.98. The zero-order chi connectivity index (χ0) is 67.6. The summed E-state index contributed by atoms with van der Waals surface area (Å²) in [6.45, 7) is 26.4. The van der Waals surface area contributed by atoms with E-state index in [1.807, 2.05) is 66.7 Å². The first-order valence-electron chi connectivity index (χ1n) is 29.5. The molecule has 3 aliphatic rings. The van der Waals surface area contributed by atoms with Gasteiger partial charge in [0, 0.05) is 98.8 Å². The Balaban J connectivity index is 0. The van der Waals surface area contributed by atoms with Crippen LogP contribution in [0, 0.1) is 47.3 Å². The van der Waals surface area contributed by atoms with E-state index in [0.29, 0.717) is 48.2 Å². The second-order valence-corrected chi connectivity index (χ2v) is 24.3. The van der Waals surface area contributed by atoms with Crippen molar-refractivity contribution in [3.05, 3.63) is 42.7 Å². The smallest absolute Gasteiger partial charge is 0.747 e. The molecule has 27 heteroatoms. The van der Waals surface area contributed by atoms with Crippen molar-refractivity contribution in [2.75, 3.05) is 56.4 Å². The topological polar surface area (TPSA) is 314 Å². The molecule has 25 nitrogen and oxygen atoms in total. The molecule has 4 rings (SSSR count). The van der Waals surface area contributed by atoms with Gasteiger partial charge in [-0.2, -0.15) is 0 Å². The van der Waals surface area contributed by atoms with Crippen molar-refractivity contribution >= 4 is 81.2 Å². The summed E-state index contributed by atoms with van der Waals surface area (Å²) in [6.07, 6.45) is 3.64. The minimum Gasteiger partial charge on any atom is -0.747 e. The molecule has 8 amide bonds. The summed E-state index contributed by atoms with van der Waals surface area (Å²) in [7, 11) is 8.53. The Morgan fingerprint density at radius 1 is 0.614 bits per heavy atom. The second kappa shape index (κ2) is 39.8. The van der Waals surface area contributed by atoms with Gasteiger partial charge in [-0.3, -0.25) is 43.2 Å². The summed E-state index contributed by atoms with van der Waals surface area (Å²) >= 11 is 0. The van der Waals surface area contributed by atoms with Crippen molar-refractivity contribution in [2.24, 2.45) is 52.3 Å². The van der Waals surface area contributed by atoms with Crippen LogP contribution in [0.1, 0.15) is 154 Å². The van der Waals surface area contributed by atoms with Crippen molar-refractivity contribution in [2.45, 2.75) is 165 Å². The first kappa shape index (κ1) is 84.0. The first-order valence-corrected chi connectivity index (χ1v) is 31.0. The molecule has 2 fully saturated rings. The molecule has 3 heterocycles. The fourth-order valence-electron chi connectivity index (χ4n) is 8.78. The molecular formula is C61H98N7NaO18S. The zero-order valence-electron chi connectivity index (χ0n) is 56.0. The normalized spacial score (nSPS) is 17.5. The Morgan fingerprint density at radius 3 is 1.26 bits per heavy atom. The molecule has 0 N–H and O–H groups in total. The first-order chi connectivity index (χ1) is 40.3. The van der Waals surface area contributed by atoms with Crippen molar-refractivity contribution in [3.8, 4) is 5.75 Å². The van der Waals surface area contributed by atoms with Gasteiger partial charge in [-0.05, 0) is 77.3 Å². The number of nitrogens with zero attached hydrogens (tertiary/aromatic N) is 7. The predicted molar refractivity (Wildman–Crippen MR) is 323 cm³/mol. The molecule has 0 bridgehead atoms. The predicted octanol–water partition coefficient (Wildman–Crippen LogP) is 3.60. The number of hydrogen-bond acceptors (Lipinski definition) is 19. The van der Waals surface area contributed by atoms with E-state index in [0.717, 1.165) is 19.3 Å². The number of esters is 1. The standard InChI is InChI=1S/C16H23NO3.C15H26N2O2.C14H22N2O8S.C14H22N2O5.C2H6.Na/c1-5-13(15(18)17(3)4)11-12(2)16(19)20-14-9-7-6-8-10-14;1-8-12(14(18)17(6)7)9-10(2)13-16-15(4,5)11(3)19-13;1-5-9(12(18)15(3)4)6-8(2)14(20)24-16-11(17)7-10(13(16)19)25(21,22)23;1-5-10(13(19)15(3)4)8-9(2)14(20)21-16-11(17)6-7-12(16)18;1-2;/h6-10,12-13H,5,11H2,1-4H3;10,12H,3,8-9H2,1-2,4-7H3;8-10H,5-7H2,1-4H3,(H,21,22,23);9-10H,5-8H2,1-4H3;1-2H3;/q;;;;;+1/p-1. The quantitative estimate of drug-likeness (QED) is 0.0469. The van der Waals surface area contributed by atoms with Crippen LogP contribution in [0.25, 0.3) is 0 Å². The van der Waals surface area contributed by atoms with Gasteiger partial charge in [-0.25, -0.2) is 23.0 Å². The number of hydroxylamine groups is 4. The van der Waals surface area contributed by atoms with Crippen LogP contribution in [0.15, 0.2) is 47.7 Å². The van der Waals surface area contributed by atoms with Crippen LogP contribution in [0.2, 0.25) is 0 Å². The van der Waals surface area contributed by atoms with Gasteiger partial charge < -0.3 is 43.3 Å². The molecule has 9 unspecified atom stereocenters. The van der Waals surface area contributed by atoms with Crippen molar-refractivity contribution < 1.29 is 114 Å². The molecule has 0 spiro atoms. The minimum atomic E-state index is -5.02. The average molecular weight is 1270 g/mol. The monoisotopic (exact) mass is 1270 g/mol. The Hall–Kier alpha value is -6.09. The van der Waals surface area contributed by atoms with Crippen LogP contribution >= 0.6 is 0 Å². The van der Waals surface area contributed by atoms with E-state index in [2.05, 4.69) is 23.3 Å². The van der Waals surface area contributed by atoms with Crippen molar-refractivity contribution in [3.63, 3.8) is 0 Å². The van der Waals surface area contributed by atoms with Crippen molar-refractivity contribution in [1.29, 1.82) is 0 Å². The van der Waals surface area contributed by atoms with Crippen LogP contribution in [-0.4, -0.2) is 181 Å². The van der Waals surface area contributed by atoms with Gasteiger partial charge in [0.05, 0.1) is 24.2 Å².